The van der Waals surface area contributed by atoms with Gasteiger partial charge in [-0.25, -0.2) is 0 Å². The molecule has 0 spiro atoms. The number of benzene rings is 2. The van der Waals surface area contributed by atoms with Crippen molar-refractivity contribution in [2.24, 2.45) is 0 Å². The standard InChI is InChI=1S/C17H17NO3/c1-10-8-12(19)6-7-13(10)17(21)18-16-14-5-3-2-4-11(14)9-15(16)20/h2-8,15-16,19-20H,9H2,1H3,(H,18,21)/t15-,16+/m0/s1. The largest absolute Gasteiger partial charge is 0.508 e. The van der Waals surface area contributed by atoms with E-state index in [4.69, 9.17) is 0 Å². The lowest BCUT2D eigenvalue weighted by Crippen LogP contribution is -2.34. The molecule has 1 aliphatic rings. The van der Waals surface area contributed by atoms with Gasteiger partial charge in [0.15, 0.2) is 0 Å². The van der Waals surface area contributed by atoms with Gasteiger partial charge in [0, 0.05) is 12.0 Å². The molecule has 2 aromatic carbocycles. The summed E-state index contributed by atoms with van der Waals surface area (Å²) in [6, 6.07) is 12.0. The molecule has 0 aliphatic heterocycles. The molecule has 1 amide bonds. The van der Waals surface area contributed by atoms with E-state index in [-0.39, 0.29) is 17.7 Å². The summed E-state index contributed by atoms with van der Waals surface area (Å²) in [7, 11) is 0. The summed E-state index contributed by atoms with van der Waals surface area (Å²) in [5.41, 5.74) is 3.24. The molecule has 4 nitrogen and oxygen atoms in total. The van der Waals surface area contributed by atoms with E-state index in [2.05, 4.69) is 5.32 Å². The molecular weight excluding hydrogens is 266 g/mol. The van der Waals surface area contributed by atoms with Crippen LogP contribution in [-0.2, 0) is 6.42 Å². The molecule has 0 saturated heterocycles. The molecule has 4 heteroatoms. The number of aliphatic hydroxyl groups is 1. The zero-order valence-electron chi connectivity index (χ0n) is 11.7. The Balaban J connectivity index is 1.85. The van der Waals surface area contributed by atoms with Crippen molar-refractivity contribution >= 4 is 5.91 Å². The first-order valence-electron chi connectivity index (χ1n) is 6.92. The first kappa shape index (κ1) is 13.6. The quantitative estimate of drug-likeness (QED) is 0.790. The third kappa shape index (κ3) is 2.50. The van der Waals surface area contributed by atoms with Crippen LogP contribution in [0.5, 0.6) is 5.75 Å². The van der Waals surface area contributed by atoms with E-state index in [1.807, 2.05) is 24.3 Å². The van der Waals surface area contributed by atoms with Crippen molar-refractivity contribution in [1.29, 1.82) is 0 Å². The summed E-state index contributed by atoms with van der Waals surface area (Å²) in [6.45, 7) is 1.77. The highest BCUT2D eigenvalue weighted by Crippen LogP contribution is 2.31. The molecule has 1 aliphatic carbocycles. The monoisotopic (exact) mass is 283 g/mol. The number of phenols is 1. The van der Waals surface area contributed by atoms with E-state index in [0.29, 0.717) is 17.5 Å². The van der Waals surface area contributed by atoms with Crippen molar-refractivity contribution in [3.05, 3.63) is 64.7 Å². The van der Waals surface area contributed by atoms with Crippen molar-refractivity contribution in [2.45, 2.75) is 25.5 Å². The Labute approximate surface area is 123 Å². The molecule has 108 valence electrons. The molecule has 2 aromatic rings. The van der Waals surface area contributed by atoms with E-state index in [1.54, 1.807) is 19.1 Å². The molecular formula is C17H17NO3. The van der Waals surface area contributed by atoms with Crippen LogP contribution in [-0.4, -0.2) is 22.2 Å². The average Bonchev–Trinajstić information content (AvgIpc) is 2.75. The number of aromatic hydroxyl groups is 1. The zero-order valence-corrected chi connectivity index (χ0v) is 11.7. The average molecular weight is 283 g/mol. The maximum absolute atomic E-state index is 12.4. The van der Waals surface area contributed by atoms with Gasteiger partial charge in [-0.15, -0.1) is 0 Å². The van der Waals surface area contributed by atoms with Gasteiger partial charge in [0.05, 0.1) is 12.1 Å². The number of phenolic OH excluding ortho intramolecular Hbond substituents is 1. The first-order valence-corrected chi connectivity index (χ1v) is 6.92. The fourth-order valence-corrected chi connectivity index (χ4v) is 2.87. The molecule has 3 N–H and O–H groups in total. The highest BCUT2D eigenvalue weighted by Gasteiger charge is 2.32. The van der Waals surface area contributed by atoms with Gasteiger partial charge >= 0.3 is 0 Å². The Morgan fingerprint density at radius 1 is 1.24 bits per heavy atom. The fraction of sp³-hybridized carbons (Fsp3) is 0.235. The second kappa shape index (κ2) is 5.22. The molecule has 0 unspecified atom stereocenters. The van der Waals surface area contributed by atoms with Crippen molar-refractivity contribution in [3.8, 4) is 5.75 Å². The number of hydrogen-bond acceptors (Lipinski definition) is 3. The number of aliphatic hydroxyl groups excluding tert-OH is 1. The van der Waals surface area contributed by atoms with E-state index >= 15 is 0 Å². The molecule has 0 bridgehead atoms. The van der Waals surface area contributed by atoms with Crippen molar-refractivity contribution in [3.63, 3.8) is 0 Å². The topological polar surface area (TPSA) is 69.6 Å². The smallest absolute Gasteiger partial charge is 0.252 e. The van der Waals surface area contributed by atoms with Gasteiger partial charge in [-0.1, -0.05) is 24.3 Å². The molecule has 0 radical (unpaired) electrons. The lowest BCUT2D eigenvalue weighted by molar-refractivity contribution is 0.0857. The maximum Gasteiger partial charge on any atom is 0.252 e. The van der Waals surface area contributed by atoms with Crippen LogP contribution in [0.1, 0.15) is 33.1 Å². The van der Waals surface area contributed by atoms with Crippen LogP contribution in [0, 0.1) is 6.92 Å². The second-order valence-corrected chi connectivity index (χ2v) is 5.42. The Bertz CT molecular complexity index is 696. The van der Waals surface area contributed by atoms with Crippen molar-refractivity contribution in [1.82, 2.24) is 5.32 Å². The lowest BCUT2D eigenvalue weighted by atomic mass is 10.0. The van der Waals surface area contributed by atoms with Crippen LogP contribution in [0.25, 0.3) is 0 Å². The van der Waals surface area contributed by atoms with Crippen molar-refractivity contribution in [2.75, 3.05) is 0 Å². The predicted molar refractivity (Wildman–Crippen MR) is 79.2 cm³/mol. The zero-order chi connectivity index (χ0) is 15.0. The summed E-state index contributed by atoms with van der Waals surface area (Å²) in [5, 5.41) is 22.5. The second-order valence-electron chi connectivity index (χ2n) is 5.42. The van der Waals surface area contributed by atoms with Crippen LogP contribution in [0.2, 0.25) is 0 Å². The van der Waals surface area contributed by atoms with E-state index in [1.165, 1.54) is 6.07 Å². The van der Waals surface area contributed by atoms with E-state index in [9.17, 15) is 15.0 Å². The molecule has 0 aromatic heterocycles. The SMILES string of the molecule is Cc1cc(O)ccc1C(=O)N[C@@H]1c2ccccc2C[C@@H]1O. The number of hydrogen-bond donors (Lipinski definition) is 3. The molecule has 3 rings (SSSR count). The Kier molecular flexibility index (Phi) is 3.39. The fourth-order valence-electron chi connectivity index (χ4n) is 2.87. The van der Waals surface area contributed by atoms with Gasteiger partial charge in [0.2, 0.25) is 0 Å². The van der Waals surface area contributed by atoms with Crippen LogP contribution in [0.15, 0.2) is 42.5 Å². The van der Waals surface area contributed by atoms with E-state index in [0.717, 1.165) is 11.1 Å². The first-order chi connectivity index (χ1) is 10.1. The van der Waals surface area contributed by atoms with Gasteiger partial charge in [0.1, 0.15) is 5.75 Å². The third-order valence-corrected chi connectivity index (χ3v) is 3.95. The number of nitrogens with one attached hydrogen (secondary N) is 1. The van der Waals surface area contributed by atoms with Crippen LogP contribution in [0.3, 0.4) is 0 Å². The highest BCUT2D eigenvalue weighted by molar-refractivity contribution is 5.96. The van der Waals surface area contributed by atoms with Crippen molar-refractivity contribution < 1.29 is 15.0 Å². The van der Waals surface area contributed by atoms with E-state index < -0.39 is 6.10 Å². The van der Waals surface area contributed by atoms with Gasteiger partial charge in [-0.05, 0) is 41.8 Å². The maximum atomic E-state index is 12.4. The highest BCUT2D eigenvalue weighted by atomic mass is 16.3. The van der Waals surface area contributed by atoms with Gasteiger partial charge < -0.3 is 15.5 Å². The third-order valence-electron chi connectivity index (χ3n) is 3.95. The Hall–Kier alpha value is -2.33. The molecule has 2 atom stereocenters. The number of fused-ring (bicyclic) bond motifs is 1. The number of rotatable bonds is 2. The van der Waals surface area contributed by atoms with Crippen LogP contribution in [0.4, 0.5) is 0 Å². The molecule has 0 fully saturated rings. The number of aryl methyl sites for hydroxylation is 1. The molecule has 0 heterocycles. The molecule has 21 heavy (non-hydrogen) atoms. The number of carbonyl (C=O) groups excluding carboxylic acids is 1. The number of amides is 1. The Morgan fingerprint density at radius 2 is 2.00 bits per heavy atom. The summed E-state index contributed by atoms with van der Waals surface area (Å²) in [4.78, 5) is 12.4. The minimum absolute atomic E-state index is 0.135. The minimum atomic E-state index is -0.608. The van der Waals surface area contributed by atoms with Crippen LogP contribution >= 0.6 is 0 Å². The normalized spacial score (nSPS) is 20.1. The molecule has 0 saturated carbocycles. The van der Waals surface area contributed by atoms with Crippen LogP contribution < -0.4 is 5.32 Å². The lowest BCUT2D eigenvalue weighted by Gasteiger charge is -2.18. The Morgan fingerprint density at radius 3 is 2.76 bits per heavy atom. The number of carbonyl (C=O) groups is 1. The summed E-state index contributed by atoms with van der Waals surface area (Å²) >= 11 is 0. The summed E-state index contributed by atoms with van der Waals surface area (Å²) in [5.74, 6) is -0.108. The van der Waals surface area contributed by atoms with Gasteiger partial charge in [0.25, 0.3) is 5.91 Å². The van der Waals surface area contributed by atoms with Gasteiger partial charge in [-0.2, -0.15) is 0 Å². The minimum Gasteiger partial charge on any atom is -0.508 e. The summed E-state index contributed by atoms with van der Waals surface area (Å²) in [6.07, 6.45) is -0.0563. The summed E-state index contributed by atoms with van der Waals surface area (Å²) < 4.78 is 0. The predicted octanol–water partition coefficient (Wildman–Crippen LogP) is 2.09. The van der Waals surface area contributed by atoms with Gasteiger partial charge in [-0.3, -0.25) is 4.79 Å².